The number of carbonyl (C=O) groups excluding carboxylic acids is 1. The number of carbonyl (C=O) groups is 1. The molecule has 0 aliphatic rings. The molecule has 0 atom stereocenters. The maximum Gasteiger partial charge on any atom is 0.415 e. The van der Waals surface area contributed by atoms with Crippen molar-refractivity contribution < 1.29 is 13.9 Å². The van der Waals surface area contributed by atoms with Crippen molar-refractivity contribution in [3.63, 3.8) is 0 Å². The Labute approximate surface area is 159 Å². The van der Waals surface area contributed by atoms with Gasteiger partial charge in [-0.05, 0) is 40.9 Å². The van der Waals surface area contributed by atoms with Crippen molar-refractivity contribution in [2.45, 2.75) is 26.7 Å². The van der Waals surface area contributed by atoms with Gasteiger partial charge in [-0.2, -0.15) is 4.52 Å². The molecule has 0 fully saturated rings. The van der Waals surface area contributed by atoms with Crippen LogP contribution < -0.4 is 10.5 Å². The average Bonchev–Trinajstić information content (AvgIpc) is 3.21. The van der Waals surface area contributed by atoms with Crippen LogP contribution in [0.5, 0.6) is 5.75 Å². The molecule has 0 spiro atoms. The molecule has 0 aliphatic heterocycles. The number of hydrogen-bond acceptors (Lipinski definition) is 6. The standard InChI is InChI=1S/C17H20BrN5O3/c1-3-7-22(8-4-2)17(24)25-11-9-14(19)23-15(10-11)20-16(21-23)12-5-6-13(18)26-12/h5-6,9-10H,3-4,7-8,19H2,1-2H3. The third kappa shape index (κ3) is 3.82. The first kappa shape index (κ1) is 18.2. The summed E-state index contributed by atoms with van der Waals surface area (Å²) in [6.45, 7) is 5.33. The molecular weight excluding hydrogens is 402 g/mol. The Bertz CT molecular complexity index is 914. The van der Waals surface area contributed by atoms with Gasteiger partial charge < -0.3 is 19.8 Å². The number of halogens is 1. The third-order valence-corrected chi connectivity index (χ3v) is 4.11. The zero-order valence-electron chi connectivity index (χ0n) is 14.6. The quantitative estimate of drug-likeness (QED) is 0.646. The summed E-state index contributed by atoms with van der Waals surface area (Å²) < 4.78 is 13.0. The molecular formula is C17H20BrN5O3. The average molecular weight is 422 g/mol. The topological polar surface area (TPSA) is 98.9 Å². The number of anilines is 1. The number of furan rings is 1. The van der Waals surface area contributed by atoms with E-state index in [0.717, 1.165) is 12.8 Å². The van der Waals surface area contributed by atoms with Crippen LogP contribution in [-0.4, -0.2) is 38.7 Å². The fraction of sp³-hybridized carbons (Fsp3) is 0.353. The number of fused-ring (bicyclic) bond motifs is 1. The largest absolute Gasteiger partial charge is 0.446 e. The Balaban J connectivity index is 1.87. The van der Waals surface area contributed by atoms with Crippen LogP contribution in [-0.2, 0) is 0 Å². The van der Waals surface area contributed by atoms with E-state index in [1.165, 1.54) is 4.52 Å². The van der Waals surface area contributed by atoms with E-state index in [1.54, 1.807) is 29.2 Å². The van der Waals surface area contributed by atoms with E-state index in [-0.39, 0.29) is 0 Å². The van der Waals surface area contributed by atoms with Crippen molar-refractivity contribution in [1.82, 2.24) is 19.5 Å². The monoisotopic (exact) mass is 421 g/mol. The number of nitrogens with two attached hydrogens (primary N) is 1. The fourth-order valence-electron chi connectivity index (χ4n) is 2.58. The minimum Gasteiger partial charge on any atom is -0.446 e. The lowest BCUT2D eigenvalue weighted by Gasteiger charge is -2.20. The predicted molar refractivity (Wildman–Crippen MR) is 101 cm³/mol. The van der Waals surface area contributed by atoms with Crippen molar-refractivity contribution in [2.24, 2.45) is 0 Å². The smallest absolute Gasteiger partial charge is 0.415 e. The summed E-state index contributed by atoms with van der Waals surface area (Å²) in [5.41, 5.74) is 6.50. The van der Waals surface area contributed by atoms with Gasteiger partial charge in [0.05, 0.1) is 0 Å². The van der Waals surface area contributed by atoms with Gasteiger partial charge in [0.1, 0.15) is 11.6 Å². The number of aromatic nitrogens is 3. The number of rotatable bonds is 6. The maximum absolute atomic E-state index is 12.4. The zero-order chi connectivity index (χ0) is 18.7. The molecule has 2 N–H and O–H groups in total. The zero-order valence-corrected chi connectivity index (χ0v) is 16.2. The van der Waals surface area contributed by atoms with Crippen LogP contribution in [0.3, 0.4) is 0 Å². The van der Waals surface area contributed by atoms with Crippen molar-refractivity contribution in [1.29, 1.82) is 0 Å². The van der Waals surface area contributed by atoms with Crippen LogP contribution in [0.15, 0.2) is 33.4 Å². The first-order valence-corrected chi connectivity index (χ1v) is 9.19. The van der Waals surface area contributed by atoms with Crippen molar-refractivity contribution >= 4 is 33.5 Å². The highest BCUT2D eigenvalue weighted by Crippen LogP contribution is 2.25. The Kier molecular flexibility index (Phi) is 5.46. The van der Waals surface area contributed by atoms with Gasteiger partial charge in [0.15, 0.2) is 16.1 Å². The molecule has 3 rings (SSSR count). The normalized spacial score (nSPS) is 11.0. The predicted octanol–water partition coefficient (Wildman–Crippen LogP) is 3.95. The number of hydrogen-bond donors (Lipinski definition) is 1. The lowest BCUT2D eigenvalue weighted by Crippen LogP contribution is -2.34. The van der Waals surface area contributed by atoms with Crippen molar-refractivity contribution in [2.75, 3.05) is 18.8 Å². The Morgan fingerprint density at radius 1 is 1.31 bits per heavy atom. The highest BCUT2D eigenvalue weighted by atomic mass is 79.9. The molecule has 3 aromatic rings. The Morgan fingerprint density at radius 2 is 2.04 bits per heavy atom. The summed E-state index contributed by atoms with van der Waals surface area (Å²) in [5, 5.41) is 4.33. The molecule has 1 amide bonds. The molecule has 3 aromatic heterocycles. The highest BCUT2D eigenvalue weighted by Gasteiger charge is 2.17. The summed E-state index contributed by atoms with van der Waals surface area (Å²) in [6.07, 6.45) is 1.33. The fourth-order valence-corrected chi connectivity index (χ4v) is 2.89. The van der Waals surface area contributed by atoms with Crippen LogP contribution in [0.25, 0.3) is 17.2 Å². The first-order chi connectivity index (χ1) is 12.5. The maximum atomic E-state index is 12.4. The van der Waals surface area contributed by atoms with E-state index in [2.05, 4.69) is 26.0 Å². The van der Waals surface area contributed by atoms with Gasteiger partial charge in [0, 0.05) is 25.2 Å². The molecule has 0 unspecified atom stereocenters. The molecule has 0 bridgehead atoms. The lowest BCUT2D eigenvalue weighted by atomic mass is 10.4. The molecule has 9 heteroatoms. The lowest BCUT2D eigenvalue weighted by molar-refractivity contribution is 0.152. The molecule has 0 aromatic carbocycles. The van der Waals surface area contributed by atoms with Gasteiger partial charge in [0.2, 0.25) is 5.82 Å². The number of ether oxygens (including phenoxy) is 1. The van der Waals surface area contributed by atoms with Gasteiger partial charge in [-0.15, -0.1) is 5.10 Å². The van der Waals surface area contributed by atoms with E-state index in [4.69, 9.17) is 14.9 Å². The Hall–Kier alpha value is -2.55. The minimum atomic E-state index is -0.396. The van der Waals surface area contributed by atoms with Crippen LogP contribution >= 0.6 is 15.9 Å². The van der Waals surface area contributed by atoms with Crippen LogP contribution in [0.1, 0.15) is 26.7 Å². The van der Waals surface area contributed by atoms with Gasteiger partial charge >= 0.3 is 6.09 Å². The van der Waals surface area contributed by atoms with Crippen molar-refractivity contribution in [3.8, 4) is 17.3 Å². The number of pyridine rings is 1. The summed E-state index contributed by atoms with van der Waals surface area (Å²) >= 11 is 3.25. The number of nitrogens with zero attached hydrogens (tertiary/aromatic N) is 4. The molecule has 0 saturated heterocycles. The summed E-state index contributed by atoms with van der Waals surface area (Å²) in [7, 11) is 0. The summed E-state index contributed by atoms with van der Waals surface area (Å²) in [5.74, 6) is 1.55. The van der Waals surface area contributed by atoms with E-state index in [1.807, 2.05) is 13.8 Å². The molecule has 0 saturated carbocycles. The van der Waals surface area contributed by atoms with E-state index in [0.29, 0.717) is 46.6 Å². The highest BCUT2D eigenvalue weighted by molar-refractivity contribution is 9.10. The Morgan fingerprint density at radius 3 is 2.65 bits per heavy atom. The molecule has 0 radical (unpaired) electrons. The van der Waals surface area contributed by atoms with Crippen LogP contribution in [0.4, 0.5) is 10.6 Å². The second-order valence-electron chi connectivity index (χ2n) is 5.78. The van der Waals surface area contributed by atoms with Crippen molar-refractivity contribution in [3.05, 3.63) is 28.9 Å². The van der Waals surface area contributed by atoms with Crippen LogP contribution in [0, 0.1) is 0 Å². The summed E-state index contributed by atoms with van der Waals surface area (Å²) in [4.78, 5) is 18.4. The molecule has 138 valence electrons. The number of amides is 1. The molecule has 26 heavy (non-hydrogen) atoms. The molecule has 3 heterocycles. The second kappa shape index (κ2) is 7.77. The van der Waals surface area contributed by atoms with E-state index < -0.39 is 6.09 Å². The van der Waals surface area contributed by atoms with E-state index >= 15 is 0 Å². The summed E-state index contributed by atoms with van der Waals surface area (Å²) in [6, 6.07) is 6.69. The third-order valence-electron chi connectivity index (χ3n) is 3.68. The SMILES string of the molecule is CCCN(CCC)C(=O)Oc1cc(N)n2nc(-c3ccc(Br)o3)nc2c1. The van der Waals surface area contributed by atoms with Gasteiger partial charge in [-0.25, -0.2) is 9.78 Å². The van der Waals surface area contributed by atoms with Gasteiger partial charge in [-0.1, -0.05) is 13.8 Å². The first-order valence-electron chi connectivity index (χ1n) is 8.40. The second-order valence-corrected chi connectivity index (χ2v) is 6.56. The minimum absolute atomic E-state index is 0.312. The van der Waals surface area contributed by atoms with Gasteiger partial charge in [0.25, 0.3) is 0 Å². The molecule has 0 aliphatic carbocycles. The van der Waals surface area contributed by atoms with Gasteiger partial charge in [-0.3, -0.25) is 0 Å². The van der Waals surface area contributed by atoms with Crippen LogP contribution in [0.2, 0.25) is 0 Å². The number of nitrogen functional groups attached to an aromatic ring is 1. The molecule has 8 nitrogen and oxygen atoms in total. The van der Waals surface area contributed by atoms with E-state index in [9.17, 15) is 4.79 Å².